The molecular weight excluding hydrogens is 362 g/mol. The van der Waals surface area contributed by atoms with Gasteiger partial charge < -0.3 is 20.4 Å². The van der Waals surface area contributed by atoms with Crippen LogP contribution in [0.3, 0.4) is 0 Å². The molecule has 1 saturated heterocycles. The molecule has 2 heterocycles. The van der Waals surface area contributed by atoms with Crippen LogP contribution in [0.4, 0.5) is 5.69 Å². The Kier molecular flexibility index (Phi) is 4.78. The monoisotopic (exact) mass is 377 g/mol. The minimum absolute atomic E-state index is 0.105. The van der Waals surface area contributed by atoms with Crippen LogP contribution in [0.5, 0.6) is 0 Å². The van der Waals surface area contributed by atoms with Gasteiger partial charge in [0.2, 0.25) is 0 Å². The van der Waals surface area contributed by atoms with Crippen LogP contribution in [0.25, 0.3) is 0 Å². The number of anilines is 1. The Labute approximate surface area is 141 Å². The van der Waals surface area contributed by atoms with E-state index in [2.05, 4.69) is 31.9 Å². The van der Waals surface area contributed by atoms with E-state index in [9.17, 15) is 9.59 Å². The van der Waals surface area contributed by atoms with E-state index in [1.54, 1.807) is 36.4 Å². The Morgan fingerprint density at radius 3 is 2.52 bits per heavy atom. The number of benzene rings is 1. The van der Waals surface area contributed by atoms with Crippen molar-refractivity contribution in [2.24, 2.45) is 0 Å². The summed E-state index contributed by atoms with van der Waals surface area (Å²) in [7, 11) is 0. The molecule has 1 aliphatic rings. The lowest BCUT2D eigenvalue weighted by Crippen LogP contribution is -2.36. The first kappa shape index (κ1) is 15.8. The lowest BCUT2D eigenvalue weighted by molar-refractivity contribution is 0.0939. The summed E-state index contributed by atoms with van der Waals surface area (Å²) >= 11 is 3.15. The van der Waals surface area contributed by atoms with Gasteiger partial charge in [-0.2, -0.15) is 0 Å². The van der Waals surface area contributed by atoms with Gasteiger partial charge in [-0.15, -0.1) is 0 Å². The molecule has 7 heteroatoms. The number of halogens is 1. The van der Waals surface area contributed by atoms with Crippen molar-refractivity contribution in [1.82, 2.24) is 10.6 Å². The third kappa shape index (κ3) is 4.00. The van der Waals surface area contributed by atoms with Gasteiger partial charge in [0.25, 0.3) is 11.8 Å². The average molecular weight is 378 g/mol. The molecule has 6 nitrogen and oxygen atoms in total. The number of amides is 2. The lowest BCUT2D eigenvalue weighted by Gasteiger charge is -2.11. The van der Waals surface area contributed by atoms with Gasteiger partial charge in [-0.25, -0.2) is 0 Å². The zero-order chi connectivity index (χ0) is 16.2. The number of rotatable bonds is 4. The maximum absolute atomic E-state index is 12.1. The van der Waals surface area contributed by atoms with Crippen molar-refractivity contribution in [2.75, 3.05) is 18.4 Å². The van der Waals surface area contributed by atoms with E-state index >= 15 is 0 Å². The van der Waals surface area contributed by atoms with E-state index in [1.165, 1.54) is 0 Å². The van der Waals surface area contributed by atoms with Gasteiger partial charge in [-0.1, -0.05) is 0 Å². The van der Waals surface area contributed by atoms with Crippen LogP contribution in [0, 0.1) is 0 Å². The minimum atomic E-state index is -0.343. The SMILES string of the molecule is O=C(NC1CCNC1)c1ccc(NC(=O)c2ccc(Br)o2)cc1. The fourth-order valence-corrected chi connectivity index (χ4v) is 2.69. The molecule has 1 aromatic heterocycles. The minimum Gasteiger partial charge on any atom is -0.444 e. The maximum atomic E-state index is 12.1. The summed E-state index contributed by atoms with van der Waals surface area (Å²) in [4.78, 5) is 24.1. The van der Waals surface area contributed by atoms with Crippen molar-refractivity contribution >= 4 is 33.4 Å². The van der Waals surface area contributed by atoms with Crippen LogP contribution in [0.15, 0.2) is 45.5 Å². The van der Waals surface area contributed by atoms with Crippen molar-refractivity contribution in [3.8, 4) is 0 Å². The van der Waals surface area contributed by atoms with Crippen LogP contribution >= 0.6 is 15.9 Å². The largest absolute Gasteiger partial charge is 0.444 e. The quantitative estimate of drug-likeness (QED) is 0.763. The third-order valence-electron chi connectivity index (χ3n) is 3.60. The van der Waals surface area contributed by atoms with E-state index in [0.29, 0.717) is 15.9 Å². The van der Waals surface area contributed by atoms with E-state index in [0.717, 1.165) is 19.5 Å². The van der Waals surface area contributed by atoms with Gasteiger partial charge in [0.1, 0.15) is 0 Å². The summed E-state index contributed by atoms with van der Waals surface area (Å²) in [6.45, 7) is 1.73. The van der Waals surface area contributed by atoms with Gasteiger partial charge >= 0.3 is 0 Å². The summed E-state index contributed by atoms with van der Waals surface area (Å²) in [5.41, 5.74) is 1.16. The molecule has 1 unspecified atom stereocenters. The van der Waals surface area contributed by atoms with E-state index in [1.807, 2.05) is 0 Å². The second-order valence-electron chi connectivity index (χ2n) is 5.30. The molecule has 0 bridgehead atoms. The van der Waals surface area contributed by atoms with E-state index < -0.39 is 0 Å². The Bertz CT molecular complexity index is 706. The summed E-state index contributed by atoms with van der Waals surface area (Å²) in [6, 6.07) is 10.2. The van der Waals surface area contributed by atoms with E-state index in [4.69, 9.17) is 4.42 Å². The molecule has 120 valence electrons. The molecule has 0 radical (unpaired) electrons. The smallest absolute Gasteiger partial charge is 0.291 e. The third-order valence-corrected chi connectivity index (χ3v) is 4.02. The molecule has 1 aliphatic heterocycles. The van der Waals surface area contributed by atoms with Gasteiger partial charge in [-0.05, 0) is 65.3 Å². The standard InChI is InChI=1S/C16H16BrN3O3/c17-14-6-5-13(23-14)16(22)19-11-3-1-10(2-4-11)15(21)20-12-7-8-18-9-12/h1-6,12,18H,7-9H2,(H,19,22)(H,20,21). The first-order valence-electron chi connectivity index (χ1n) is 7.30. The van der Waals surface area contributed by atoms with Crippen molar-refractivity contribution in [1.29, 1.82) is 0 Å². The second kappa shape index (κ2) is 6.97. The summed E-state index contributed by atoms with van der Waals surface area (Å²) in [6.07, 6.45) is 0.943. The molecule has 1 fully saturated rings. The van der Waals surface area contributed by atoms with Crippen molar-refractivity contribution in [3.63, 3.8) is 0 Å². The average Bonchev–Trinajstić information content (AvgIpc) is 3.19. The molecule has 1 aromatic carbocycles. The van der Waals surface area contributed by atoms with Gasteiger partial charge in [0.15, 0.2) is 10.4 Å². The van der Waals surface area contributed by atoms with Gasteiger partial charge in [0.05, 0.1) is 0 Å². The molecule has 1 atom stereocenters. The van der Waals surface area contributed by atoms with Gasteiger partial charge in [0, 0.05) is 23.8 Å². The maximum Gasteiger partial charge on any atom is 0.291 e. The van der Waals surface area contributed by atoms with Crippen LogP contribution < -0.4 is 16.0 Å². The number of furan rings is 1. The normalized spacial score (nSPS) is 17.0. The molecule has 2 amide bonds. The molecule has 0 spiro atoms. The fourth-order valence-electron chi connectivity index (χ4n) is 2.38. The first-order chi connectivity index (χ1) is 11.1. The lowest BCUT2D eigenvalue weighted by atomic mass is 10.1. The fraction of sp³-hybridized carbons (Fsp3) is 0.250. The number of hydrogen-bond acceptors (Lipinski definition) is 4. The number of carbonyl (C=O) groups excluding carboxylic acids is 2. The number of nitrogens with one attached hydrogen (secondary N) is 3. The topological polar surface area (TPSA) is 83.4 Å². The molecule has 3 N–H and O–H groups in total. The predicted molar refractivity (Wildman–Crippen MR) is 89.5 cm³/mol. The zero-order valence-electron chi connectivity index (χ0n) is 12.3. The summed E-state index contributed by atoms with van der Waals surface area (Å²) in [5, 5.41) is 8.89. The highest BCUT2D eigenvalue weighted by Gasteiger charge is 2.17. The van der Waals surface area contributed by atoms with Gasteiger partial charge in [-0.3, -0.25) is 9.59 Å². The van der Waals surface area contributed by atoms with Crippen molar-refractivity contribution in [2.45, 2.75) is 12.5 Å². The highest BCUT2D eigenvalue weighted by Crippen LogP contribution is 2.16. The van der Waals surface area contributed by atoms with Crippen molar-refractivity contribution in [3.05, 3.63) is 52.4 Å². The van der Waals surface area contributed by atoms with Crippen LogP contribution in [0.2, 0.25) is 0 Å². The number of hydrogen-bond donors (Lipinski definition) is 3. The molecular formula is C16H16BrN3O3. The summed E-state index contributed by atoms with van der Waals surface area (Å²) < 4.78 is 5.68. The highest BCUT2D eigenvalue weighted by molar-refractivity contribution is 9.10. The molecule has 2 aromatic rings. The Balaban J connectivity index is 1.60. The zero-order valence-corrected chi connectivity index (χ0v) is 13.9. The second-order valence-corrected chi connectivity index (χ2v) is 6.08. The Morgan fingerprint density at radius 1 is 1.13 bits per heavy atom. The Morgan fingerprint density at radius 2 is 1.91 bits per heavy atom. The first-order valence-corrected chi connectivity index (χ1v) is 8.09. The van der Waals surface area contributed by atoms with Crippen molar-refractivity contribution < 1.29 is 14.0 Å². The van der Waals surface area contributed by atoms with Crippen LogP contribution in [-0.4, -0.2) is 30.9 Å². The van der Waals surface area contributed by atoms with Crippen LogP contribution in [-0.2, 0) is 0 Å². The number of carbonyl (C=O) groups is 2. The molecule has 0 aliphatic carbocycles. The van der Waals surface area contributed by atoms with Crippen LogP contribution in [0.1, 0.15) is 27.3 Å². The van der Waals surface area contributed by atoms with E-state index in [-0.39, 0.29) is 23.6 Å². The summed E-state index contributed by atoms with van der Waals surface area (Å²) in [5.74, 6) is -0.232. The Hall–Kier alpha value is -2.12. The highest BCUT2D eigenvalue weighted by atomic mass is 79.9. The molecule has 0 saturated carbocycles. The molecule has 3 rings (SSSR count). The predicted octanol–water partition coefficient (Wildman–Crippen LogP) is 2.39. The molecule has 23 heavy (non-hydrogen) atoms.